The van der Waals surface area contributed by atoms with Gasteiger partial charge in [0, 0.05) is 5.69 Å². The number of hydrogen-bond acceptors (Lipinski definition) is 1. The van der Waals surface area contributed by atoms with E-state index in [4.69, 9.17) is 0 Å². The molecule has 1 N–H and O–H groups in total. The van der Waals surface area contributed by atoms with Crippen LogP contribution in [0.4, 0.5) is 5.69 Å². The van der Waals surface area contributed by atoms with Crippen LogP contribution in [0, 0.1) is 6.92 Å². The molecule has 0 saturated heterocycles. The molecule has 1 aliphatic heterocycles. The third kappa shape index (κ3) is 2.05. The van der Waals surface area contributed by atoms with Gasteiger partial charge in [0.15, 0.2) is 0 Å². The Kier molecular flexibility index (Phi) is 3.74. The van der Waals surface area contributed by atoms with Gasteiger partial charge in [-0.2, -0.15) is 0 Å². The summed E-state index contributed by atoms with van der Waals surface area (Å²) in [4.78, 5) is 12.4. The molecule has 2 rings (SSSR count). The van der Waals surface area contributed by atoms with Gasteiger partial charge < -0.3 is 5.32 Å². The van der Waals surface area contributed by atoms with Crippen molar-refractivity contribution in [3.05, 3.63) is 29.3 Å². The Hall–Kier alpha value is -1.31. The topological polar surface area (TPSA) is 29.1 Å². The maximum Gasteiger partial charge on any atom is 0.235 e. The van der Waals surface area contributed by atoms with Crippen molar-refractivity contribution in [1.29, 1.82) is 0 Å². The molecule has 1 amide bonds. The molecular weight excluding hydrogens is 222 g/mol. The van der Waals surface area contributed by atoms with E-state index in [0.717, 1.165) is 37.8 Å². The van der Waals surface area contributed by atoms with Gasteiger partial charge in [-0.05, 0) is 31.4 Å². The number of anilines is 1. The lowest BCUT2D eigenvalue weighted by atomic mass is 9.74. The normalized spacial score (nSPS) is 21.8. The van der Waals surface area contributed by atoms with Crippen molar-refractivity contribution in [1.82, 2.24) is 0 Å². The predicted octanol–water partition coefficient (Wildman–Crippen LogP) is 4.18. The summed E-state index contributed by atoms with van der Waals surface area (Å²) in [6.45, 7) is 6.44. The van der Waals surface area contributed by atoms with Gasteiger partial charge in [-0.25, -0.2) is 0 Å². The first-order valence-electron chi connectivity index (χ1n) is 7.06. The van der Waals surface area contributed by atoms with Crippen molar-refractivity contribution >= 4 is 11.6 Å². The van der Waals surface area contributed by atoms with Gasteiger partial charge >= 0.3 is 0 Å². The van der Waals surface area contributed by atoms with Gasteiger partial charge in [0.1, 0.15) is 0 Å². The highest BCUT2D eigenvalue weighted by molar-refractivity contribution is 6.06. The average Bonchev–Trinajstić information content (AvgIpc) is 2.61. The van der Waals surface area contributed by atoms with E-state index in [1.165, 1.54) is 11.1 Å². The second-order valence-electron chi connectivity index (χ2n) is 5.44. The molecule has 0 bridgehead atoms. The molecule has 1 aromatic rings. The second kappa shape index (κ2) is 5.13. The van der Waals surface area contributed by atoms with E-state index in [0.29, 0.717) is 0 Å². The van der Waals surface area contributed by atoms with E-state index in [1.807, 2.05) is 6.07 Å². The standard InChI is InChI=1S/C16H23NO/c1-4-6-10-16(9-5-2)13-11-12(3)7-8-14(13)17-15(16)18/h7-8,11H,4-6,9-10H2,1-3H3,(H,17,18). The maximum absolute atomic E-state index is 12.4. The van der Waals surface area contributed by atoms with Gasteiger partial charge in [0.2, 0.25) is 5.91 Å². The quantitative estimate of drug-likeness (QED) is 0.828. The van der Waals surface area contributed by atoms with Crippen LogP contribution in [-0.4, -0.2) is 5.91 Å². The van der Waals surface area contributed by atoms with Crippen molar-refractivity contribution in [2.24, 2.45) is 0 Å². The largest absolute Gasteiger partial charge is 0.325 e. The van der Waals surface area contributed by atoms with Gasteiger partial charge in [0.25, 0.3) is 0 Å². The number of aryl methyl sites for hydroxylation is 1. The highest BCUT2D eigenvalue weighted by Crippen LogP contribution is 2.44. The van der Waals surface area contributed by atoms with Crippen molar-refractivity contribution in [3.63, 3.8) is 0 Å². The van der Waals surface area contributed by atoms with Gasteiger partial charge in [-0.3, -0.25) is 4.79 Å². The zero-order valence-electron chi connectivity index (χ0n) is 11.7. The van der Waals surface area contributed by atoms with Crippen molar-refractivity contribution in [2.75, 3.05) is 5.32 Å². The number of carbonyl (C=O) groups excluding carboxylic acids is 1. The summed E-state index contributed by atoms with van der Waals surface area (Å²) >= 11 is 0. The number of carbonyl (C=O) groups is 1. The zero-order chi connectivity index (χ0) is 13.2. The van der Waals surface area contributed by atoms with Crippen LogP contribution in [0.3, 0.4) is 0 Å². The van der Waals surface area contributed by atoms with Crippen LogP contribution >= 0.6 is 0 Å². The predicted molar refractivity (Wildman–Crippen MR) is 75.9 cm³/mol. The molecule has 1 aliphatic rings. The Morgan fingerprint density at radius 3 is 2.61 bits per heavy atom. The molecule has 0 fully saturated rings. The first-order chi connectivity index (χ1) is 8.64. The fourth-order valence-corrected chi connectivity index (χ4v) is 3.05. The molecule has 2 heteroatoms. The molecule has 98 valence electrons. The molecule has 1 atom stereocenters. The van der Waals surface area contributed by atoms with Gasteiger partial charge in [-0.15, -0.1) is 0 Å². The molecule has 0 aromatic heterocycles. The van der Waals surface area contributed by atoms with Gasteiger partial charge in [-0.1, -0.05) is 50.8 Å². The van der Waals surface area contributed by atoms with Crippen LogP contribution in [-0.2, 0) is 10.2 Å². The minimum absolute atomic E-state index is 0.207. The van der Waals surface area contributed by atoms with Crippen LogP contribution in [0.25, 0.3) is 0 Å². The Labute approximate surface area is 110 Å². The molecule has 0 radical (unpaired) electrons. The summed E-state index contributed by atoms with van der Waals surface area (Å²) in [7, 11) is 0. The highest BCUT2D eigenvalue weighted by Gasteiger charge is 2.45. The number of fused-ring (bicyclic) bond motifs is 1. The summed E-state index contributed by atoms with van der Waals surface area (Å²) in [6.07, 6.45) is 5.22. The Balaban J connectivity index is 2.45. The lowest BCUT2D eigenvalue weighted by molar-refractivity contribution is -0.121. The minimum Gasteiger partial charge on any atom is -0.325 e. The fraction of sp³-hybridized carbons (Fsp3) is 0.562. The number of benzene rings is 1. The number of unbranched alkanes of at least 4 members (excludes halogenated alkanes) is 1. The molecule has 1 unspecified atom stereocenters. The molecular formula is C16H23NO. The van der Waals surface area contributed by atoms with Crippen molar-refractivity contribution in [2.45, 2.75) is 58.3 Å². The molecule has 1 heterocycles. The van der Waals surface area contributed by atoms with Crippen LogP contribution in [0.15, 0.2) is 18.2 Å². The fourth-order valence-electron chi connectivity index (χ4n) is 3.05. The molecule has 18 heavy (non-hydrogen) atoms. The van der Waals surface area contributed by atoms with Crippen LogP contribution in [0.1, 0.15) is 57.1 Å². The summed E-state index contributed by atoms with van der Waals surface area (Å²) < 4.78 is 0. The molecule has 2 nitrogen and oxygen atoms in total. The third-order valence-corrected chi connectivity index (χ3v) is 4.01. The number of rotatable bonds is 5. The highest BCUT2D eigenvalue weighted by atomic mass is 16.2. The lowest BCUT2D eigenvalue weighted by Gasteiger charge is -2.27. The van der Waals surface area contributed by atoms with Crippen LogP contribution in [0.5, 0.6) is 0 Å². The number of nitrogens with one attached hydrogen (secondary N) is 1. The number of amides is 1. The van der Waals surface area contributed by atoms with Crippen LogP contribution in [0.2, 0.25) is 0 Å². The Morgan fingerprint density at radius 2 is 1.94 bits per heavy atom. The van der Waals surface area contributed by atoms with E-state index in [-0.39, 0.29) is 11.3 Å². The third-order valence-electron chi connectivity index (χ3n) is 4.01. The summed E-state index contributed by atoms with van der Waals surface area (Å²) in [5.41, 5.74) is 3.21. The van der Waals surface area contributed by atoms with Crippen molar-refractivity contribution in [3.8, 4) is 0 Å². The van der Waals surface area contributed by atoms with E-state index in [1.54, 1.807) is 0 Å². The first kappa shape index (κ1) is 13.1. The second-order valence-corrected chi connectivity index (χ2v) is 5.44. The molecule has 0 aliphatic carbocycles. The monoisotopic (exact) mass is 245 g/mol. The smallest absolute Gasteiger partial charge is 0.235 e. The van der Waals surface area contributed by atoms with Crippen LogP contribution < -0.4 is 5.32 Å². The van der Waals surface area contributed by atoms with Gasteiger partial charge in [0.05, 0.1) is 5.41 Å². The minimum atomic E-state index is -0.272. The summed E-state index contributed by atoms with van der Waals surface area (Å²) in [5.74, 6) is 0.207. The SMILES string of the molecule is CCCCC1(CCC)C(=O)Nc2ccc(C)cc21. The molecule has 1 aromatic carbocycles. The molecule has 0 saturated carbocycles. The Bertz CT molecular complexity index is 452. The lowest BCUT2D eigenvalue weighted by Crippen LogP contribution is -2.34. The zero-order valence-corrected chi connectivity index (χ0v) is 11.7. The Morgan fingerprint density at radius 1 is 1.17 bits per heavy atom. The first-order valence-corrected chi connectivity index (χ1v) is 7.06. The van der Waals surface area contributed by atoms with E-state index in [2.05, 4.69) is 38.2 Å². The average molecular weight is 245 g/mol. The van der Waals surface area contributed by atoms with E-state index in [9.17, 15) is 4.79 Å². The summed E-state index contributed by atoms with van der Waals surface area (Å²) in [5, 5.41) is 3.07. The van der Waals surface area contributed by atoms with Crippen molar-refractivity contribution < 1.29 is 4.79 Å². The molecule has 0 spiro atoms. The summed E-state index contributed by atoms with van der Waals surface area (Å²) in [6, 6.07) is 6.31. The van der Waals surface area contributed by atoms with E-state index < -0.39 is 0 Å². The number of hydrogen-bond donors (Lipinski definition) is 1. The van der Waals surface area contributed by atoms with E-state index >= 15 is 0 Å². The maximum atomic E-state index is 12.4.